The van der Waals surface area contributed by atoms with Gasteiger partial charge in [0.25, 0.3) is 5.56 Å². The summed E-state index contributed by atoms with van der Waals surface area (Å²) in [5, 5.41) is 6.56. The van der Waals surface area contributed by atoms with Gasteiger partial charge >= 0.3 is 0 Å². The number of thiazole rings is 1. The maximum Gasteiger partial charge on any atom is 0.258 e. The molecular formula is C20H18N4O2S2. The lowest BCUT2D eigenvalue weighted by Crippen LogP contribution is -2.23. The fourth-order valence-electron chi connectivity index (χ4n) is 2.85. The summed E-state index contributed by atoms with van der Waals surface area (Å²) in [5.41, 5.74) is 1.45. The number of carbonyl (C=O) groups is 1. The van der Waals surface area contributed by atoms with Crippen LogP contribution in [0.1, 0.15) is 22.1 Å². The van der Waals surface area contributed by atoms with Gasteiger partial charge < -0.3 is 10.3 Å². The van der Waals surface area contributed by atoms with E-state index in [2.05, 4.69) is 20.3 Å². The first-order valence-electron chi connectivity index (χ1n) is 8.84. The molecule has 28 heavy (non-hydrogen) atoms. The summed E-state index contributed by atoms with van der Waals surface area (Å²) in [7, 11) is 0. The van der Waals surface area contributed by atoms with Crippen molar-refractivity contribution in [2.24, 2.45) is 0 Å². The average Bonchev–Trinajstić information content (AvgIpc) is 3.33. The highest BCUT2D eigenvalue weighted by molar-refractivity contribution is 7.16. The van der Waals surface area contributed by atoms with E-state index in [0.29, 0.717) is 29.7 Å². The molecule has 8 heteroatoms. The van der Waals surface area contributed by atoms with E-state index in [-0.39, 0.29) is 17.9 Å². The van der Waals surface area contributed by atoms with E-state index in [1.165, 1.54) is 0 Å². The molecule has 0 saturated carbocycles. The minimum absolute atomic E-state index is 0.0738. The first-order chi connectivity index (χ1) is 13.6. The summed E-state index contributed by atoms with van der Waals surface area (Å²) < 4.78 is 0. The van der Waals surface area contributed by atoms with Crippen LogP contribution in [0.3, 0.4) is 0 Å². The van der Waals surface area contributed by atoms with Gasteiger partial charge in [0.1, 0.15) is 5.82 Å². The SMILES string of the molecule is Cc1nc(-c2ccc(CNC(=O)CCc3nc4ccccc4c(=O)[nH]3)s2)cs1. The zero-order chi connectivity index (χ0) is 19.5. The Hall–Kier alpha value is -2.84. The van der Waals surface area contributed by atoms with Crippen LogP contribution in [-0.2, 0) is 17.8 Å². The summed E-state index contributed by atoms with van der Waals surface area (Å²) in [6.07, 6.45) is 0.657. The standard InChI is InChI=1S/C20H18N4O2S2/c1-12-22-16(11-27-12)17-7-6-13(28-17)10-21-19(25)9-8-18-23-15-5-3-2-4-14(15)20(26)24-18/h2-7,11H,8-10H2,1H3,(H,21,25)(H,23,24,26). The van der Waals surface area contributed by atoms with Crippen LogP contribution in [0.5, 0.6) is 0 Å². The normalized spacial score (nSPS) is 11.0. The molecule has 0 atom stereocenters. The topological polar surface area (TPSA) is 87.7 Å². The molecule has 4 aromatic rings. The lowest BCUT2D eigenvalue weighted by molar-refractivity contribution is -0.121. The number of aromatic nitrogens is 3. The highest BCUT2D eigenvalue weighted by Gasteiger charge is 2.09. The second-order valence-corrected chi connectivity index (χ2v) is 8.55. The minimum Gasteiger partial charge on any atom is -0.351 e. The van der Waals surface area contributed by atoms with E-state index in [4.69, 9.17) is 0 Å². The number of aromatic amines is 1. The summed E-state index contributed by atoms with van der Waals surface area (Å²) >= 11 is 3.26. The molecule has 0 unspecified atom stereocenters. The maximum atomic E-state index is 12.2. The minimum atomic E-state index is -0.176. The fraction of sp³-hybridized carbons (Fsp3) is 0.200. The Kier molecular flexibility index (Phi) is 5.31. The lowest BCUT2D eigenvalue weighted by Gasteiger charge is -2.05. The number of thiophene rings is 1. The number of hydrogen-bond acceptors (Lipinski definition) is 6. The second-order valence-electron chi connectivity index (χ2n) is 6.32. The number of carbonyl (C=O) groups excluding carboxylic acids is 1. The number of nitrogens with zero attached hydrogens (tertiary/aromatic N) is 2. The summed E-state index contributed by atoms with van der Waals surface area (Å²) in [6.45, 7) is 2.47. The van der Waals surface area contributed by atoms with Crippen LogP contribution in [0.4, 0.5) is 0 Å². The third-order valence-electron chi connectivity index (χ3n) is 4.24. The number of hydrogen-bond donors (Lipinski definition) is 2. The molecule has 4 rings (SSSR count). The van der Waals surface area contributed by atoms with Crippen LogP contribution in [0.2, 0.25) is 0 Å². The molecular weight excluding hydrogens is 392 g/mol. The van der Waals surface area contributed by atoms with E-state index in [0.717, 1.165) is 20.5 Å². The molecule has 1 amide bonds. The molecule has 0 bridgehead atoms. The predicted molar refractivity (Wildman–Crippen MR) is 113 cm³/mol. The number of fused-ring (bicyclic) bond motifs is 1. The van der Waals surface area contributed by atoms with Crippen molar-refractivity contribution >= 4 is 39.5 Å². The monoisotopic (exact) mass is 410 g/mol. The molecule has 0 aliphatic heterocycles. The number of nitrogens with one attached hydrogen (secondary N) is 2. The van der Waals surface area contributed by atoms with E-state index in [1.54, 1.807) is 40.9 Å². The van der Waals surface area contributed by atoms with Crippen LogP contribution < -0.4 is 10.9 Å². The van der Waals surface area contributed by atoms with Crippen molar-refractivity contribution < 1.29 is 4.79 Å². The summed E-state index contributed by atoms with van der Waals surface area (Å²) in [6, 6.07) is 11.2. The zero-order valence-corrected chi connectivity index (χ0v) is 16.8. The smallest absolute Gasteiger partial charge is 0.258 e. The molecule has 0 saturated heterocycles. The Morgan fingerprint density at radius 1 is 1.18 bits per heavy atom. The third kappa shape index (κ3) is 4.18. The Morgan fingerprint density at radius 2 is 2.04 bits per heavy atom. The van der Waals surface area contributed by atoms with Crippen molar-refractivity contribution in [3.63, 3.8) is 0 Å². The first kappa shape index (κ1) is 18.5. The predicted octanol–water partition coefficient (Wildman–Crippen LogP) is 3.67. The number of H-pyrrole nitrogens is 1. The van der Waals surface area contributed by atoms with Crippen LogP contribution >= 0.6 is 22.7 Å². The van der Waals surface area contributed by atoms with Crippen molar-refractivity contribution in [2.45, 2.75) is 26.3 Å². The van der Waals surface area contributed by atoms with Crippen molar-refractivity contribution in [1.29, 1.82) is 0 Å². The summed E-state index contributed by atoms with van der Waals surface area (Å²) in [5.74, 6) is 0.450. The van der Waals surface area contributed by atoms with Crippen LogP contribution in [-0.4, -0.2) is 20.9 Å². The van der Waals surface area contributed by atoms with Gasteiger partial charge in [-0.25, -0.2) is 9.97 Å². The molecule has 0 fully saturated rings. The summed E-state index contributed by atoms with van der Waals surface area (Å²) in [4.78, 5) is 38.1. The Morgan fingerprint density at radius 3 is 2.86 bits per heavy atom. The van der Waals surface area contributed by atoms with Crippen LogP contribution in [0, 0.1) is 6.92 Å². The van der Waals surface area contributed by atoms with Gasteiger partial charge in [0.15, 0.2) is 0 Å². The van der Waals surface area contributed by atoms with E-state index < -0.39 is 0 Å². The molecule has 3 aromatic heterocycles. The molecule has 0 spiro atoms. The zero-order valence-electron chi connectivity index (χ0n) is 15.2. The Bertz CT molecular complexity index is 1190. The number of benzene rings is 1. The van der Waals surface area contributed by atoms with Gasteiger partial charge in [0.05, 0.1) is 33.0 Å². The average molecular weight is 411 g/mol. The second kappa shape index (κ2) is 8.04. The van der Waals surface area contributed by atoms with Gasteiger partial charge in [0.2, 0.25) is 5.91 Å². The Balaban J connectivity index is 1.33. The molecule has 6 nitrogen and oxygen atoms in total. The quantitative estimate of drug-likeness (QED) is 0.508. The number of rotatable bonds is 6. The first-order valence-corrected chi connectivity index (χ1v) is 10.5. The van der Waals surface area contributed by atoms with Crippen molar-refractivity contribution in [2.75, 3.05) is 0 Å². The fourth-order valence-corrected chi connectivity index (χ4v) is 4.44. The van der Waals surface area contributed by atoms with Gasteiger partial charge in [-0.15, -0.1) is 22.7 Å². The van der Waals surface area contributed by atoms with Crippen molar-refractivity contribution in [1.82, 2.24) is 20.3 Å². The number of aryl methyl sites for hydroxylation is 2. The number of amides is 1. The van der Waals surface area contributed by atoms with Gasteiger partial charge in [-0.05, 0) is 31.2 Å². The molecule has 2 N–H and O–H groups in total. The Labute approximate surface area is 169 Å². The maximum absolute atomic E-state index is 12.2. The van der Waals surface area contributed by atoms with E-state index >= 15 is 0 Å². The third-order valence-corrected chi connectivity index (χ3v) is 6.12. The molecule has 142 valence electrons. The molecule has 0 radical (unpaired) electrons. The van der Waals surface area contributed by atoms with Crippen LogP contribution in [0.15, 0.2) is 46.6 Å². The van der Waals surface area contributed by atoms with Crippen LogP contribution in [0.25, 0.3) is 21.5 Å². The van der Waals surface area contributed by atoms with Crippen molar-refractivity contribution in [3.8, 4) is 10.6 Å². The molecule has 1 aromatic carbocycles. The highest BCUT2D eigenvalue weighted by atomic mass is 32.1. The van der Waals surface area contributed by atoms with Gasteiger partial charge in [-0.1, -0.05) is 12.1 Å². The lowest BCUT2D eigenvalue weighted by atomic mass is 10.2. The van der Waals surface area contributed by atoms with Gasteiger partial charge in [-0.2, -0.15) is 0 Å². The highest BCUT2D eigenvalue weighted by Crippen LogP contribution is 2.28. The van der Waals surface area contributed by atoms with Gasteiger partial charge in [0, 0.05) is 23.1 Å². The van der Waals surface area contributed by atoms with E-state index in [9.17, 15) is 9.59 Å². The van der Waals surface area contributed by atoms with Crippen molar-refractivity contribution in [3.05, 3.63) is 67.8 Å². The molecule has 0 aliphatic rings. The number of para-hydroxylation sites is 1. The largest absolute Gasteiger partial charge is 0.351 e. The van der Waals surface area contributed by atoms with Gasteiger partial charge in [-0.3, -0.25) is 9.59 Å². The van der Waals surface area contributed by atoms with E-state index in [1.807, 2.05) is 30.5 Å². The molecule has 3 heterocycles. The molecule has 0 aliphatic carbocycles.